The maximum atomic E-state index is 10.6. The van der Waals surface area contributed by atoms with Gasteiger partial charge in [-0.15, -0.1) is 0 Å². The summed E-state index contributed by atoms with van der Waals surface area (Å²) >= 11 is 0. The smallest absolute Gasteiger partial charge is 0.141 e. The van der Waals surface area contributed by atoms with E-state index in [4.69, 9.17) is 10.7 Å². The highest BCUT2D eigenvalue weighted by atomic mass is 16.3. The predicted molar refractivity (Wildman–Crippen MR) is 121 cm³/mol. The highest BCUT2D eigenvalue weighted by Crippen LogP contribution is 2.34. The van der Waals surface area contributed by atoms with Crippen molar-refractivity contribution in [2.24, 2.45) is 0 Å². The predicted octanol–water partition coefficient (Wildman–Crippen LogP) is 5.94. The number of aromatic hydroxyl groups is 1. The summed E-state index contributed by atoms with van der Waals surface area (Å²) in [6.45, 7) is 6.31. The minimum absolute atomic E-state index is 0.259. The zero-order valence-corrected chi connectivity index (χ0v) is 17.2. The molecule has 0 unspecified atom stereocenters. The molecule has 1 heterocycles. The fraction of sp³-hybridized carbons (Fsp3) is 0.240. The van der Waals surface area contributed by atoms with Crippen LogP contribution in [0, 0.1) is 13.8 Å². The second-order valence-electron chi connectivity index (χ2n) is 7.65. The van der Waals surface area contributed by atoms with Crippen molar-refractivity contribution in [2.45, 2.75) is 40.0 Å². The van der Waals surface area contributed by atoms with Crippen molar-refractivity contribution in [3.05, 3.63) is 71.5 Å². The van der Waals surface area contributed by atoms with Gasteiger partial charge in [-0.05, 0) is 61.2 Å². The van der Waals surface area contributed by atoms with Crippen molar-refractivity contribution < 1.29 is 5.11 Å². The molecule has 0 radical (unpaired) electrons. The Morgan fingerprint density at radius 2 is 1.76 bits per heavy atom. The Morgan fingerprint density at radius 1 is 0.966 bits per heavy atom. The minimum Gasteiger partial charge on any atom is -0.506 e. The number of rotatable bonds is 5. The lowest BCUT2D eigenvalue weighted by molar-refractivity contribution is 0.479. The third kappa shape index (κ3) is 3.35. The largest absolute Gasteiger partial charge is 0.506 e. The summed E-state index contributed by atoms with van der Waals surface area (Å²) in [6, 6.07) is 18.0. The molecule has 3 aromatic carbocycles. The number of anilines is 1. The average molecular weight is 386 g/mol. The molecule has 0 bridgehead atoms. The van der Waals surface area contributed by atoms with E-state index < -0.39 is 0 Å². The van der Waals surface area contributed by atoms with Crippen LogP contribution in [0.5, 0.6) is 5.75 Å². The third-order valence-electron chi connectivity index (χ3n) is 5.53. The first-order valence-corrected chi connectivity index (χ1v) is 10.2. The molecule has 3 N–H and O–H groups in total. The van der Waals surface area contributed by atoms with Crippen LogP contribution in [0.15, 0.2) is 54.6 Å². The van der Waals surface area contributed by atoms with Gasteiger partial charge in [0, 0.05) is 23.4 Å². The summed E-state index contributed by atoms with van der Waals surface area (Å²) in [5, 5.41) is 10.6. The Balaban J connectivity index is 1.91. The van der Waals surface area contributed by atoms with Crippen molar-refractivity contribution in [1.82, 2.24) is 9.55 Å². The molecule has 4 aromatic rings. The first kappa shape index (κ1) is 19.1. The number of unbranched alkanes of at least 4 members (excludes halogenated alkanes) is 1. The van der Waals surface area contributed by atoms with Gasteiger partial charge < -0.3 is 10.8 Å². The van der Waals surface area contributed by atoms with E-state index in [2.05, 4.69) is 36.6 Å². The molecule has 4 rings (SSSR count). The fourth-order valence-corrected chi connectivity index (χ4v) is 3.95. The Morgan fingerprint density at radius 3 is 2.48 bits per heavy atom. The Labute approximate surface area is 171 Å². The van der Waals surface area contributed by atoms with Crippen molar-refractivity contribution in [3.63, 3.8) is 0 Å². The van der Waals surface area contributed by atoms with E-state index in [0.29, 0.717) is 0 Å². The number of fused-ring (bicyclic) bond motifs is 1. The number of benzene rings is 3. The minimum atomic E-state index is 0.259. The molecule has 4 heteroatoms. The molecule has 4 nitrogen and oxygen atoms in total. The molecular weight excluding hydrogens is 358 g/mol. The summed E-state index contributed by atoms with van der Waals surface area (Å²) < 4.78 is 2.11. The maximum Gasteiger partial charge on any atom is 0.141 e. The molecular formula is C25H27N3O. The van der Waals surface area contributed by atoms with Crippen LogP contribution < -0.4 is 5.73 Å². The van der Waals surface area contributed by atoms with Crippen LogP contribution in [0.1, 0.15) is 36.7 Å². The highest BCUT2D eigenvalue weighted by Gasteiger charge is 2.18. The van der Waals surface area contributed by atoms with Gasteiger partial charge in [-0.1, -0.05) is 43.7 Å². The van der Waals surface area contributed by atoms with Gasteiger partial charge in [-0.3, -0.25) is 4.57 Å². The van der Waals surface area contributed by atoms with Gasteiger partial charge in [0.25, 0.3) is 0 Å². The van der Waals surface area contributed by atoms with Crippen LogP contribution in [-0.4, -0.2) is 14.7 Å². The number of aromatic nitrogens is 2. The Bertz CT molecular complexity index is 1190. The summed E-state index contributed by atoms with van der Waals surface area (Å²) in [4.78, 5) is 4.89. The van der Waals surface area contributed by atoms with E-state index in [0.717, 1.165) is 69.7 Å². The van der Waals surface area contributed by atoms with Crippen LogP contribution in [0.2, 0.25) is 0 Å². The molecule has 0 aliphatic carbocycles. The molecule has 0 saturated carbocycles. The zero-order chi connectivity index (χ0) is 20.5. The van der Waals surface area contributed by atoms with Crippen molar-refractivity contribution in [1.29, 1.82) is 0 Å². The van der Waals surface area contributed by atoms with Gasteiger partial charge in [-0.2, -0.15) is 0 Å². The van der Waals surface area contributed by atoms with E-state index in [1.165, 1.54) is 0 Å². The lowest BCUT2D eigenvalue weighted by Gasteiger charge is -2.14. The number of hydrogen-bond acceptors (Lipinski definition) is 3. The topological polar surface area (TPSA) is 64.1 Å². The van der Waals surface area contributed by atoms with Crippen LogP contribution in [0.25, 0.3) is 27.8 Å². The van der Waals surface area contributed by atoms with Gasteiger partial charge >= 0.3 is 0 Å². The van der Waals surface area contributed by atoms with Crippen molar-refractivity contribution in [3.8, 4) is 22.6 Å². The number of imidazole rings is 1. The van der Waals surface area contributed by atoms with Gasteiger partial charge in [0.05, 0.1) is 5.52 Å². The van der Waals surface area contributed by atoms with Crippen molar-refractivity contribution >= 4 is 16.7 Å². The quantitative estimate of drug-likeness (QED) is 0.418. The normalized spacial score (nSPS) is 11.3. The molecule has 0 saturated heterocycles. The van der Waals surface area contributed by atoms with Gasteiger partial charge in [0.1, 0.15) is 17.1 Å². The van der Waals surface area contributed by atoms with E-state index in [1.54, 1.807) is 6.07 Å². The van der Waals surface area contributed by atoms with Crippen molar-refractivity contribution in [2.75, 3.05) is 5.73 Å². The summed E-state index contributed by atoms with van der Waals surface area (Å²) in [7, 11) is 0. The van der Waals surface area contributed by atoms with Gasteiger partial charge in [-0.25, -0.2) is 4.98 Å². The standard InChI is InChI=1S/C25H27N3O/c1-4-5-10-23-27-24-16(2)11-14-22(29)25(24)28(23)18-12-13-19(17(3)15-18)20-8-6-7-9-21(20)26/h6-9,11-15,29H,4-5,10,26H2,1-3H3. The lowest BCUT2D eigenvalue weighted by Crippen LogP contribution is -2.02. The number of phenolic OH excluding ortho intramolecular Hbond substituents is 1. The molecule has 0 atom stereocenters. The van der Waals surface area contributed by atoms with Crippen LogP contribution >= 0.6 is 0 Å². The summed E-state index contributed by atoms with van der Waals surface area (Å²) in [5.41, 5.74) is 14.0. The molecule has 0 amide bonds. The Hall–Kier alpha value is -3.27. The van der Waals surface area contributed by atoms with E-state index >= 15 is 0 Å². The van der Waals surface area contributed by atoms with Crippen LogP contribution in [0.4, 0.5) is 5.69 Å². The number of hydrogen-bond donors (Lipinski definition) is 2. The van der Waals surface area contributed by atoms with Crippen LogP contribution in [-0.2, 0) is 6.42 Å². The average Bonchev–Trinajstić information content (AvgIpc) is 3.10. The molecule has 148 valence electrons. The number of nitrogens with zero attached hydrogens (tertiary/aromatic N) is 2. The van der Waals surface area contributed by atoms with Gasteiger partial charge in [0.15, 0.2) is 0 Å². The molecule has 0 fully saturated rings. The summed E-state index contributed by atoms with van der Waals surface area (Å²) in [6.07, 6.45) is 3.02. The third-order valence-corrected chi connectivity index (χ3v) is 5.53. The maximum absolute atomic E-state index is 10.6. The molecule has 29 heavy (non-hydrogen) atoms. The molecule has 0 aliphatic rings. The number of phenols is 1. The molecule has 0 spiro atoms. The highest BCUT2D eigenvalue weighted by molar-refractivity contribution is 5.87. The van der Waals surface area contributed by atoms with E-state index in [-0.39, 0.29) is 5.75 Å². The van der Waals surface area contributed by atoms with E-state index in [9.17, 15) is 5.11 Å². The first-order valence-electron chi connectivity index (χ1n) is 10.2. The SMILES string of the molecule is CCCCc1nc2c(C)ccc(O)c2n1-c1ccc(-c2ccccc2N)c(C)c1. The fourth-order valence-electron chi connectivity index (χ4n) is 3.95. The summed E-state index contributed by atoms with van der Waals surface area (Å²) in [5.74, 6) is 1.24. The number of aryl methyl sites for hydroxylation is 3. The monoisotopic (exact) mass is 385 g/mol. The number of nitrogens with two attached hydrogens (primary N) is 1. The number of para-hydroxylation sites is 1. The molecule has 0 aliphatic heterocycles. The van der Waals surface area contributed by atoms with Crippen LogP contribution in [0.3, 0.4) is 0 Å². The Kier molecular flexibility index (Phi) is 5.01. The second kappa shape index (κ2) is 7.63. The zero-order valence-electron chi connectivity index (χ0n) is 17.2. The number of nitrogen functional groups attached to an aromatic ring is 1. The lowest BCUT2D eigenvalue weighted by atomic mass is 9.98. The van der Waals surface area contributed by atoms with E-state index in [1.807, 2.05) is 37.3 Å². The van der Waals surface area contributed by atoms with Gasteiger partial charge in [0.2, 0.25) is 0 Å². The first-order chi connectivity index (χ1) is 14.0. The molecule has 1 aromatic heterocycles. The second-order valence-corrected chi connectivity index (χ2v) is 7.65.